The Balaban J connectivity index is 2.33. The minimum Gasteiger partial charge on any atom is -0.394 e. The van der Waals surface area contributed by atoms with Gasteiger partial charge in [-0.2, -0.15) is 4.98 Å². The average Bonchev–Trinajstić information content (AvgIpc) is 2.81. The van der Waals surface area contributed by atoms with Gasteiger partial charge in [-0.25, -0.2) is 4.39 Å². The van der Waals surface area contributed by atoms with E-state index in [4.69, 9.17) is 27.0 Å². The van der Waals surface area contributed by atoms with Gasteiger partial charge in [0.2, 0.25) is 11.7 Å². The molecule has 1 aromatic carbocycles. The Morgan fingerprint density at radius 2 is 2.29 bits per heavy atom. The van der Waals surface area contributed by atoms with Crippen LogP contribution in [0.15, 0.2) is 22.7 Å². The average molecular weight is 258 g/mol. The minimum atomic E-state index is -0.729. The first-order chi connectivity index (χ1) is 8.11. The van der Waals surface area contributed by atoms with Crippen molar-refractivity contribution in [3.63, 3.8) is 0 Å². The van der Waals surface area contributed by atoms with Crippen molar-refractivity contribution < 1.29 is 14.0 Å². The smallest absolute Gasteiger partial charge is 0.246 e. The van der Waals surface area contributed by atoms with Crippen molar-refractivity contribution in [3.05, 3.63) is 34.9 Å². The summed E-state index contributed by atoms with van der Waals surface area (Å²) in [7, 11) is 0. The van der Waals surface area contributed by atoms with Gasteiger partial charge in [-0.05, 0) is 18.2 Å². The van der Waals surface area contributed by atoms with Crippen molar-refractivity contribution in [2.75, 3.05) is 6.61 Å². The number of hydrogen-bond acceptors (Lipinski definition) is 5. The number of rotatable bonds is 3. The lowest BCUT2D eigenvalue weighted by molar-refractivity contribution is 0.237. The largest absolute Gasteiger partial charge is 0.394 e. The molecule has 5 nitrogen and oxygen atoms in total. The third kappa shape index (κ3) is 2.44. The highest BCUT2D eigenvalue weighted by atomic mass is 35.5. The molecule has 0 aliphatic heterocycles. The molecule has 1 aromatic heterocycles. The van der Waals surface area contributed by atoms with E-state index in [0.717, 1.165) is 0 Å². The summed E-state index contributed by atoms with van der Waals surface area (Å²) in [6, 6.07) is 3.34. The third-order valence-corrected chi connectivity index (χ3v) is 2.42. The van der Waals surface area contributed by atoms with Crippen LogP contribution in [0.1, 0.15) is 11.9 Å². The number of nitrogens with zero attached hydrogens (tertiary/aromatic N) is 2. The van der Waals surface area contributed by atoms with E-state index in [1.807, 2.05) is 0 Å². The summed E-state index contributed by atoms with van der Waals surface area (Å²) in [5.41, 5.74) is 6.02. The van der Waals surface area contributed by atoms with Crippen LogP contribution in [-0.2, 0) is 0 Å². The van der Waals surface area contributed by atoms with Crippen LogP contribution in [0, 0.1) is 5.82 Å². The highest BCUT2D eigenvalue weighted by Crippen LogP contribution is 2.23. The van der Waals surface area contributed by atoms with E-state index in [1.54, 1.807) is 0 Å². The van der Waals surface area contributed by atoms with Gasteiger partial charge in [0.05, 0.1) is 11.6 Å². The summed E-state index contributed by atoms with van der Waals surface area (Å²) in [4.78, 5) is 3.98. The van der Waals surface area contributed by atoms with Crippen LogP contribution >= 0.6 is 11.6 Å². The Morgan fingerprint density at radius 3 is 2.94 bits per heavy atom. The van der Waals surface area contributed by atoms with Crippen molar-refractivity contribution in [3.8, 4) is 11.4 Å². The molecule has 0 bridgehead atoms. The van der Waals surface area contributed by atoms with Gasteiger partial charge in [0.25, 0.3) is 0 Å². The quantitative estimate of drug-likeness (QED) is 0.871. The fourth-order valence-corrected chi connectivity index (χ4v) is 1.40. The Morgan fingerprint density at radius 1 is 1.53 bits per heavy atom. The van der Waals surface area contributed by atoms with Gasteiger partial charge < -0.3 is 15.4 Å². The van der Waals surface area contributed by atoms with E-state index in [2.05, 4.69) is 10.1 Å². The Labute approximate surface area is 101 Å². The standard InChI is InChI=1S/C10H9ClFN3O2/c11-6-3-5(1-2-7(6)12)9-14-10(17-15-9)8(13)4-16/h1-3,8,16H,4,13H2/t8-/m1/s1. The molecular formula is C10H9ClFN3O2. The first kappa shape index (κ1) is 12.0. The van der Waals surface area contributed by atoms with Gasteiger partial charge in [0.1, 0.15) is 11.9 Å². The second-order valence-corrected chi connectivity index (χ2v) is 3.78. The first-order valence-electron chi connectivity index (χ1n) is 4.77. The fourth-order valence-electron chi connectivity index (χ4n) is 1.22. The molecule has 0 spiro atoms. The Bertz CT molecular complexity index is 532. The molecule has 0 aliphatic rings. The van der Waals surface area contributed by atoms with E-state index in [9.17, 15) is 4.39 Å². The molecule has 90 valence electrons. The summed E-state index contributed by atoms with van der Waals surface area (Å²) in [5, 5.41) is 12.5. The zero-order valence-corrected chi connectivity index (χ0v) is 9.36. The van der Waals surface area contributed by atoms with Gasteiger partial charge in [-0.3, -0.25) is 0 Å². The Kier molecular flexibility index (Phi) is 3.37. The van der Waals surface area contributed by atoms with Crippen molar-refractivity contribution in [2.45, 2.75) is 6.04 Å². The van der Waals surface area contributed by atoms with Gasteiger partial charge in [-0.1, -0.05) is 16.8 Å². The number of aromatic nitrogens is 2. The van der Waals surface area contributed by atoms with Crippen LogP contribution in [0.2, 0.25) is 5.02 Å². The third-order valence-electron chi connectivity index (χ3n) is 2.13. The van der Waals surface area contributed by atoms with Gasteiger partial charge in [-0.15, -0.1) is 0 Å². The van der Waals surface area contributed by atoms with Gasteiger partial charge >= 0.3 is 0 Å². The molecule has 2 rings (SSSR count). The molecule has 0 saturated heterocycles. The summed E-state index contributed by atoms with van der Waals surface area (Å²) >= 11 is 5.63. The van der Waals surface area contributed by atoms with Crippen LogP contribution in [0.5, 0.6) is 0 Å². The van der Waals surface area contributed by atoms with Crippen LogP contribution in [-0.4, -0.2) is 21.9 Å². The predicted octanol–water partition coefficient (Wildman–Crippen LogP) is 1.52. The molecule has 0 fully saturated rings. The number of hydrogen-bond donors (Lipinski definition) is 2. The van der Waals surface area contributed by atoms with Crippen LogP contribution < -0.4 is 5.73 Å². The van der Waals surface area contributed by atoms with E-state index in [1.165, 1.54) is 18.2 Å². The van der Waals surface area contributed by atoms with Crippen molar-refractivity contribution >= 4 is 11.6 Å². The lowest BCUT2D eigenvalue weighted by Crippen LogP contribution is -2.14. The van der Waals surface area contributed by atoms with Crippen molar-refractivity contribution in [1.82, 2.24) is 10.1 Å². The predicted molar refractivity (Wildman–Crippen MR) is 58.7 cm³/mol. The molecule has 0 unspecified atom stereocenters. The highest BCUT2D eigenvalue weighted by Gasteiger charge is 2.15. The zero-order valence-electron chi connectivity index (χ0n) is 8.60. The summed E-state index contributed by atoms with van der Waals surface area (Å²) in [6.07, 6.45) is 0. The molecule has 17 heavy (non-hydrogen) atoms. The topological polar surface area (TPSA) is 85.2 Å². The maximum atomic E-state index is 13.0. The molecule has 2 aromatic rings. The summed E-state index contributed by atoms with van der Waals surface area (Å²) < 4.78 is 17.8. The van der Waals surface area contributed by atoms with Gasteiger partial charge in [0, 0.05) is 5.56 Å². The minimum absolute atomic E-state index is 0.0275. The van der Waals surface area contributed by atoms with E-state index >= 15 is 0 Å². The number of aliphatic hydroxyl groups is 1. The van der Waals surface area contributed by atoms with Crippen molar-refractivity contribution in [2.24, 2.45) is 5.73 Å². The lowest BCUT2D eigenvalue weighted by Gasteiger charge is -1.99. The summed E-state index contributed by atoms with van der Waals surface area (Å²) in [5.74, 6) is -0.167. The molecule has 1 heterocycles. The molecule has 0 aliphatic carbocycles. The molecule has 3 N–H and O–H groups in total. The molecule has 0 saturated carbocycles. The maximum absolute atomic E-state index is 13.0. The highest BCUT2D eigenvalue weighted by molar-refractivity contribution is 6.31. The molecule has 0 radical (unpaired) electrons. The summed E-state index contributed by atoms with van der Waals surface area (Å²) in [6.45, 7) is -0.300. The van der Waals surface area contributed by atoms with Gasteiger partial charge in [0.15, 0.2) is 0 Å². The monoisotopic (exact) mass is 257 g/mol. The molecule has 0 amide bonds. The maximum Gasteiger partial charge on any atom is 0.246 e. The Hall–Kier alpha value is -1.50. The second kappa shape index (κ2) is 4.79. The van der Waals surface area contributed by atoms with Crippen LogP contribution in [0.25, 0.3) is 11.4 Å². The van der Waals surface area contributed by atoms with Crippen LogP contribution in [0.4, 0.5) is 4.39 Å². The number of halogens is 2. The number of nitrogens with two attached hydrogens (primary N) is 1. The molecular weight excluding hydrogens is 249 g/mol. The molecule has 7 heteroatoms. The number of benzene rings is 1. The van der Waals surface area contributed by atoms with E-state index in [-0.39, 0.29) is 23.3 Å². The van der Waals surface area contributed by atoms with Crippen LogP contribution in [0.3, 0.4) is 0 Å². The number of aliphatic hydroxyl groups excluding tert-OH is 1. The fraction of sp³-hybridized carbons (Fsp3) is 0.200. The first-order valence-corrected chi connectivity index (χ1v) is 5.15. The molecule has 1 atom stereocenters. The zero-order chi connectivity index (χ0) is 12.4. The van der Waals surface area contributed by atoms with Crippen molar-refractivity contribution in [1.29, 1.82) is 0 Å². The van der Waals surface area contributed by atoms with E-state index < -0.39 is 11.9 Å². The lowest BCUT2D eigenvalue weighted by atomic mass is 10.2. The second-order valence-electron chi connectivity index (χ2n) is 3.37. The SMILES string of the molecule is N[C@H](CO)c1nc(-c2ccc(F)c(Cl)c2)no1. The van der Waals surface area contributed by atoms with E-state index in [0.29, 0.717) is 5.56 Å². The normalized spacial score (nSPS) is 12.7.